The molecule has 0 amide bonds. The fraction of sp³-hybridized carbons (Fsp3) is 0.143. The Morgan fingerprint density at radius 1 is 1.58 bits per heavy atom. The minimum Gasteiger partial charge on any atom is -1.00 e. The fourth-order valence-electron chi connectivity index (χ4n) is 0.762. The van der Waals surface area contributed by atoms with Crippen molar-refractivity contribution in [3.8, 4) is 0 Å². The standard InChI is InChI=1S/C7H7BrO2S.Na.H/c1-5-2-3-6(8)4-7(5)11(9)10;;/h2-4H,1H3,(H,9,10);;/q;+1;-1. The molecule has 1 atom stereocenters. The van der Waals surface area contributed by atoms with Gasteiger partial charge in [-0.1, -0.05) is 22.0 Å². The van der Waals surface area contributed by atoms with Gasteiger partial charge in [-0.15, -0.1) is 0 Å². The molecule has 0 aliphatic rings. The molecule has 0 radical (unpaired) electrons. The van der Waals surface area contributed by atoms with Crippen LogP contribution in [0.5, 0.6) is 0 Å². The normalized spacial score (nSPS) is 11.9. The molecule has 0 saturated carbocycles. The molecule has 2 nitrogen and oxygen atoms in total. The summed E-state index contributed by atoms with van der Waals surface area (Å²) in [5.74, 6) is 0. The average Bonchev–Trinajstić information content (AvgIpc) is 1.94. The van der Waals surface area contributed by atoms with Crippen molar-refractivity contribution in [2.75, 3.05) is 0 Å². The molecule has 1 aromatic rings. The first-order valence-electron chi connectivity index (χ1n) is 2.98. The van der Waals surface area contributed by atoms with Crippen LogP contribution in [0.1, 0.15) is 6.99 Å². The van der Waals surface area contributed by atoms with E-state index in [4.69, 9.17) is 4.55 Å². The van der Waals surface area contributed by atoms with Gasteiger partial charge in [-0.05, 0) is 24.6 Å². The molecule has 1 rings (SSSR count). The summed E-state index contributed by atoms with van der Waals surface area (Å²) < 4.78 is 20.3. The monoisotopic (exact) mass is 258 g/mol. The molecule has 12 heavy (non-hydrogen) atoms. The van der Waals surface area contributed by atoms with Gasteiger partial charge in [0.15, 0.2) is 11.1 Å². The maximum atomic E-state index is 10.7. The number of aryl methyl sites for hydroxylation is 1. The van der Waals surface area contributed by atoms with Gasteiger partial charge in [0.25, 0.3) is 0 Å². The molecule has 0 bridgehead atoms. The van der Waals surface area contributed by atoms with Crippen molar-refractivity contribution in [2.24, 2.45) is 0 Å². The summed E-state index contributed by atoms with van der Waals surface area (Å²) in [6, 6.07) is 5.28. The summed E-state index contributed by atoms with van der Waals surface area (Å²) >= 11 is 1.34. The Morgan fingerprint density at radius 2 is 2.17 bits per heavy atom. The van der Waals surface area contributed by atoms with E-state index in [1.165, 1.54) is 0 Å². The van der Waals surface area contributed by atoms with Crippen molar-refractivity contribution in [3.05, 3.63) is 28.2 Å². The van der Waals surface area contributed by atoms with Crippen LogP contribution in [-0.4, -0.2) is 8.76 Å². The van der Waals surface area contributed by atoms with Crippen molar-refractivity contribution < 1.29 is 39.7 Å². The van der Waals surface area contributed by atoms with Crippen molar-refractivity contribution in [3.63, 3.8) is 0 Å². The van der Waals surface area contributed by atoms with Crippen LogP contribution in [0.4, 0.5) is 0 Å². The van der Waals surface area contributed by atoms with E-state index >= 15 is 0 Å². The molecule has 0 aliphatic carbocycles. The van der Waals surface area contributed by atoms with Gasteiger partial charge in [-0.25, -0.2) is 4.21 Å². The van der Waals surface area contributed by atoms with E-state index in [1.54, 1.807) is 19.1 Å². The Bertz CT molecular complexity index is 309. The minimum absolute atomic E-state index is 0. The van der Waals surface area contributed by atoms with Crippen LogP contribution in [0.2, 0.25) is 0 Å². The van der Waals surface area contributed by atoms with Gasteiger partial charge in [0.1, 0.15) is 0 Å². The Labute approximate surface area is 106 Å². The maximum absolute atomic E-state index is 10.7. The molecule has 1 N–H and O–H groups in total. The van der Waals surface area contributed by atoms with Gasteiger partial charge in [0.05, 0.1) is 4.90 Å². The Kier molecular flexibility index (Phi) is 5.89. The molecular formula is C7H8BrNaO2S. The van der Waals surface area contributed by atoms with Crippen LogP contribution in [0.15, 0.2) is 27.6 Å². The van der Waals surface area contributed by atoms with E-state index in [0.29, 0.717) is 4.90 Å². The third-order valence-corrected chi connectivity index (χ3v) is 2.65. The molecule has 0 saturated heterocycles. The molecule has 0 spiro atoms. The smallest absolute Gasteiger partial charge is 1.00 e. The van der Waals surface area contributed by atoms with E-state index in [9.17, 15) is 4.21 Å². The van der Waals surface area contributed by atoms with Crippen molar-refractivity contribution in [1.82, 2.24) is 0 Å². The molecule has 62 valence electrons. The Hall–Kier alpha value is 0.810. The summed E-state index contributed by atoms with van der Waals surface area (Å²) in [6.45, 7) is 1.80. The second-order valence-corrected chi connectivity index (χ2v) is 4.01. The van der Waals surface area contributed by atoms with E-state index in [-0.39, 0.29) is 31.0 Å². The molecule has 0 heterocycles. The van der Waals surface area contributed by atoms with Gasteiger partial charge >= 0.3 is 29.6 Å². The molecule has 0 aromatic heterocycles. The predicted octanol–water partition coefficient (Wildman–Crippen LogP) is -0.545. The molecule has 0 aliphatic heterocycles. The summed E-state index contributed by atoms with van der Waals surface area (Å²) in [4.78, 5) is 0.458. The van der Waals surface area contributed by atoms with Crippen LogP contribution in [0.25, 0.3) is 0 Å². The second-order valence-electron chi connectivity index (χ2n) is 2.16. The fourth-order valence-corrected chi connectivity index (χ4v) is 1.85. The first-order chi connectivity index (χ1) is 5.11. The second kappa shape index (κ2) is 5.52. The van der Waals surface area contributed by atoms with Crippen LogP contribution >= 0.6 is 15.9 Å². The number of halogens is 1. The zero-order chi connectivity index (χ0) is 8.43. The zero-order valence-electron chi connectivity index (χ0n) is 7.87. The average molecular weight is 259 g/mol. The maximum Gasteiger partial charge on any atom is 1.00 e. The number of benzene rings is 1. The minimum atomic E-state index is -1.88. The summed E-state index contributed by atoms with van der Waals surface area (Å²) in [5.41, 5.74) is 0.828. The van der Waals surface area contributed by atoms with Crippen molar-refractivity contribution >= 4 is 27.0 Å². The summed E-state index contributed by atoms with van der Waals surface area (Å²) in [5, 5.41) is 0. The molecule has 1 unspecified atom stereocenters. The Balaban J connectivity index is 0. The van der Waals surface area contributed by atoms with Gasteiger partial charge in [-0.2, -0.15) is 0 Å². The van der Waals surface area contributed by atoms with Crippen molar-refractivity contribution in [1.29, 1.82) is 0 Å². The van der Waals surface area contributed by atoms with Crippen LogP contribution in [0, 0.1) is 6.92 Å². The first-order valence-corrected chi connectivity index (χ1v) is 4.88. The van der Waals surface area contributed by atoms with Gasteiger partial charge in [-0.3, -0.25) is 0 Å². The SMILES string of the molecule is Cc1ccc(Br)cc1S(=O)O.[H-].[Na+]. The van der Waals surface area contributed by atoms with E-state index in [0.717, 1.165) is 10.0 Å². The Morgan fingerprint density at radius 3 is 2.58 bits per heavy atom. The quantitative estimate of drug-likeness (QED) is 0.543. The molecule has 5 heteroatoms. The third kappa shape index (κ3) is 3.28. The van der Waals surface area contributed by atoms with E-state index in [1.807, 2.05) is 6.07 Å². The van der Waals surface area contributed by atoms with E-state index < -0.39 is 11.1 Å². The topological polar surface area (TPSA) is 37.3 Å². The van der Waals surface area contributed by atoms with Gasteiger partial charge < -0.3 is 5.98 Å². The van der Waals surface area contributed by atoms with E-state index in [2.05, 4.69) is 15.9 Å². The zero-order valence-corrected chi connectivity index (χ0v) is 11.3. The summed E-state index contributed by atoms with van der Waals surface area (Å²) in [6.07, 6.45) is 0. The number of hydrogen-bond donors (Lipinski definition) is 1. The third-order valence-electron chi connectivity index (χ3n) is 1.34. The van der Waals surface area contributed by atoms with Crippen LogP contribution in [0.3, 0.4) is 0 Å². The molecular weight excluding hydrogens is 251 g/mol. The predicted molar refractivity (Wildman–Crippen MR) is 49.0 cm³/mol. The molecule has 1 aromatic carbocycles. The summed E-state index contributed by atoms with van der Waals surface area (Å²) in [7, 11) is 0. The first kappa shape index (κ1) is 12.8. The number of hydrogen-bond acceptors (Lipinski definition) is 1. The van der Waals surface area contributed by atoms with Crippen molar-refractivity contribution in [2.45, 2.75) is 11.8 Å². The van der Waals surface area contributed by atoms with Crippen LogP contribution in [-0.2, 0) is 11.1 Å². The largest absolute Gasteiger partial charge is 1.00 e. The van der Waals surface area contributed by atoms with Gasteiger partial charge in [0, 0.05) is 4.47 Å². The van der Waals surface area contributed by atoms with Gasteiger partial charge in [0.2, 0.25) is 0 Å². The van der Waals surface area contributed by atoms with Crippen LogP contribution < -0.4 is 29.6 Å². The number of rotatable bonds is 1. The molecule has 0 fully saturated rings.